The molecule has 0 saturated carbocycles. The Morgan fingerprint density at radius 3 is 2.17 bits per heavy atom. The maximum absolute atomic E-state index is 2.30. The molecule has 0 aliphatic rings. The third-order valence-corrected chi connectivity index (χ3v) is 4.47. The average Bonchev–Trinajstić information content (AvgIpc) is 2.60. The maximum Gasteiger partial charge on any atom is 0.218 e. The minimum atomic E-state index is 0. The van der Waals surface area contributed by atoms with Crippen LogP contribution in [0.15, 0.2) is 85.1 Å². The summed E-state index contributed by atoms with van der Waals surface area (Å²) in [5, 5.41) is 6.46. The van der Waals surface area contributed by atoms with Gasteiger partial charge in [-0.3, -0.25) is 0 Å². The van der Waals surface area contributed by atoms with Gasteiger partial charge in [0.2, 0.25) is 11.0 Å². The first-order valence-corrected chi connectivity index (χ1v) is 7.55. The van der Waals surface area contributed by atoms with Gasteiger partial charge in [-0.1, -0.05) is 42.5 Å². The topological polar surface area (TPSA) is 4.10 Å². The largest absolute Gasteiger partial charge is 1.00 e. The molecule has 2 heteroatoms. The number of aromatic nitrogens is 1. The fourth-order valence-electron chi connectivity index (χ4n) is 3.38. The van der Waals surface area contributed by atoms with Crippen LogP contribution in [-0.4, -0.2) is 0 Å². The van der Waals surface area contributed by atoms with Gasteiger partial charge in [-0.25, -0.2) is 0 Å². The predicted octanol–water partition coefficient (Wildman–Crippen LogP) is 1.89. The van der Waals surface area contributed by atoms with Gasteiger partial charge in [0.05, 0.1) is 0 Å². The van der Waals surface area contributed by atoms with Crippen molar-refractivity contribution in [3.63, 3.8) is 0 Å². The number of hydrogen-bond acceptors (Lipinski definition) is 0. The first-order chi connectivity index (χ1) is 10.9. The Morgan fingerprint density at radius 2 is 1.26 bits per heavy atom. The molecule has 3 aromatic carbocycles. The standard InChI is InChI=1S/C21H14N.BrH/c1-3-7-19-15(5-1)9-10-17-14-22-18(13-20(17)19)12-11-16-6-2-4-8-21(16)22;/h1-14H;1H/q+1;/p-1. The molecule has 0 amide bonds. The highest BCUT2D eigenvalue weighted by Crippen LogP contribution is 2.25. The highest BCUT2D eigenvalue weighted by Gasteiger charge is 2.11. The van der Waals surface area contributed by atoms with Crippen molar-refractivity contribution in [2.24, 2.45) is 0 Å². The molecule has 5 rings (SSSR count). The van der Waals surface area contributed by atoms with E-state index in [9.17, 15) is 0 Å². The fourth-order valence-corrected chi connectivity index (χ4v) is 3.38. The summed E-state index contributed by atoms with van der Waals surface area (Å²) in [5.41, 5.74) is 2.47. The summed E-state index contributed by atoms with van der Waals surface area (Å²) in [4.78, 5) is 0. The lowest BCUT2D eigenvalue weighted by Gasteiger charge is -2.04. The maximum atomic E-state index is 2.30. The summed E-state index contributed by atoms with van der Waals surface area (Å²) in [5.74, 6) is 0. The second kappa shape index (κ2) is 5.32. The lowest BCUT2D eigenvalue weighted by atomic mass is 10.0. The van der Waals surface area contributed by atoms with Crippen LogP contribution in [0.4, 0.5) is 0 Å². The van der Waals surface area contributed by atoms with Crippen LogP contribution in [0.1, 0.15) is 0 Å². The van der Waals surface area contributed by atoms with Gasteiger partial charge < -0.3 is 17.0 Å². The Hall–Kier alpha value is -2.45. The van der Waals surface area contributed by atoms with E-state index in [1.165, 1.54) is 38.0 Å². The van der Waals surface area contributed by atoms with Crippen molar-refractivity contribution in [1.29, 1.82) is 0 Å². The SMILES string of the molecule is [Br-].c1ccc2c(c1)ccc1c[n+]3c(ccc4ccccc43)cc12. The predicted molar refractivity (Wildman–Crippen MR) is 92.1 cm³/mol. The third-order valence-electron chi connectivity index (χ3n) is 4.47. The van der Waals surface area contributed by atoms with Crippen molar-refractivity contribution < 1.29 is 21.4 Å². The van der Waals surface area contributed by atoms with E-state index in [0.29, 0.717) is 0 Å². The van der Waals surface area contributed by atoms with E-state index in [2.05, 4.69) is 89.5 Å². The number of benzene rings is 3. The quantitative estimate of drug-likeness (QED) is 0.226. The van der Waals surface area contributed by atoms with Crippen LogP contribution in [0.5, 0.6) is 0 Å². The Balaban J connectivity index is 0.00000135. The number of hydrogen-bond donors (Lipinski definition) is 0. The van der Waals surface area contributed by atoms with Gasteiger partial charge in [0.1, 0.15) is 0 Å². The van der Waals surface area contributed by atoms with E-state index in [0.717, 1.165) is 0 Å². The van der Waals surface area contributed by atoms with Crippen molar-refractivity contribution >= 4 is 38.0 Å². The zero-order valence-corrected chi connectivity index (χ0v) is 14.0. The summed E-state index contributed by atoms with van der Waals surface area (Å²) in [6.45, 7) is 0. The molecule has 23 heavy (non-hydrogen) atoms. The number of fused-ring (bicyclic) bond motifs is 6. The van der Waals surface area contributed by atoms with Gasteiger partial charge in [-0.2, -0.15) is 4.40 Å². The molecule has 0 aliphatic carbocycles. The van der Waals surface area contributed by atoms with E-state index in [1.807, 2.05) is 0 Å². The van der Waals surface area contributed by atoms with Gasteiger partial charge >= 0.3 is 0 Å². The lowest BCUT2D eigenvalue weighted by Crippen LogP contribution is -3.00. The number of para-hydroxylation sites is 1. The second-order valence-corrected chi connectivity index (χ2v) is 5.75. The smallest absolute Gasteiger partial charge is 0.218 e. The number of rotatable bonds is 0. The molecule has 0 aliphatic heterocycles. The van der Waals surface area contributed by atoms with Crippen LogP contribution in [0, 0.1) is 0 Å². The van der Waals surface area contributed by atoms with Crippen molar-refractivity contribution in [1.82, 2.24) is 0 Å². The Labute approximate surface area is 144 Å². The van der Waals surface area contributed by atoms with Gasteiger partial charge in [0, 0.05) is 34.4 Å². The molecule has 5 aromatic rings. The van der Waals surface area contributed by atoms with Crippen LogP contribution < -0.4 is 21.4 Å². The fraction of sp³-hybridized carbons (Fsp3) is 0. The van der Waals surface area contributed by atoms with E-state index < -0.39 is 0 Å². The summed E-state index contributed by atoms with van der Waals surface area (Å²) in [7, 11) is 0. The minimum absolute atomic E-state index is 0. The van der Waals surface area contributed by atoms with E-state index in [-0.39, 0.29) is 17.0 Å². The lowest BCUT2D eigenvalue weighted by molar-refractivity contribution is -0.479. The van der Waals surface area contributed by atoms with Crippen LogP contribution >= 0.6 is 0 Å². The Kier molecular flexibility index (Phi) is 3.28. The first-order valence-electron chi connectivity index (χ1n) is 7.55. The van der Waals surface area contributed by atoms with Crippen molar-refractivity contribution in [3.05, 3.63) is 85.1 Å². The molecule has 2 aromatic heterocycles. The zero-order chi connectivity index (χ0) is 14.5. The Morgan fingerprint density at radius 1 is 0.565 bits per heavy atom. The molecule has 2 heterocycles. The zero-order valence-electron chi connectivity index (χ0n) is 12.4. The number of halogens is 1. The van der Waals surface area contributed by atoms with Crippen molar-refractivity contribution in [2.75, 3.05) is 0 Å². The van der Waals surface area contributed by atoms with Crippen LogP contribution in [0.3, 0.4) is 0 Å². The molecule has 0 atom stereocenters. The first kappa shape index (κ1) is 14.2. The minimum Gasteiger partial charge on any atom is -1.00 e. The van der Waals surface area contributed by atoms with Gasteiger partial charge in [0.25, 0.3) is 0 Å². The molecule has 0 radical (unpaired) electrons. The highest BCUT2D eigenvalue weighted by atomic mass is 79.9. The summed E-state index contributed by atoms with van der Waals surface area (Å²) >= 11 is 0. The average molecular weight is 360 g/mol. The van der Waals surface area contributed by atoms with Crippen LogP contribution in [0.2, 0.25) is 0 Å². The van der Waals surface area contributed by atoms with Crippen molar-refractivity contribution in [3.8, 4) is 0 Å². The second-order valence-electron chi connectivity index (χ2n) is 5.75. The molecule has 0 fully saturated rings. The third kappa shape index (κ3) is 2.10. The molecule has 0 unspecified atom stereocenters. The van der Waals surface area contributed by atoms with E-state index >= 15 is 0 Å². The highest BCUT2D eigenvalue weighted by molar-refractivity contribution is 6.08. The normalized spacial score (nSPS) is 11.1. The van der Waals surface area contributed by atoms with Gasteiger partial charge in [0.15, 0.2) is 6.20 Å². The number of nitrogens with zero attached hydrogens (tertiary/aromatic N) is 1. The molecule has 0 bridgehead atoms. The molecule has 0 spiro atoms. The summed E-state index contributed by atoms with van der Waals surface area (Å²) in [6, 6.07) is 28.2. The van der Waals surface area contributed by atoms with Crippen molar-refractivity contribution in [2.45, 2.75) is 0 Å². The van der Waals surface area contributed by atoms with E-state index in [4.69, 9.17) is 0 Å². The molecule has 110 valence electrons. The molecular weight excluding hydrogens is 346 g/mol. The van der Waals surface area contributed by atoms with Gasteiger partial charge in [-0.05, 0) is 29.0 Å². The Bertz CT molecular complexity index is 1080. The molecule has 1 nitrogen and oxygen atoms in total. The van der Waals surface area contributed by atoms with E-state index in [1.54, 1.807) is 0 Å². The van der Waals surface area contributed by atoms with Crippen LogP contribution in [0.25, 0.3) is 38.0 Å². The number of pyridine rings is 2. The van der Waals surface area contributed by atoms with Gasteiger partial charge in [-0.15, -0.1) is 0 Å². The monoisotopic (exact) mass is 359 g/mol. The van der Waals surface area contributed by atoms with Crippen LogP contribution in [-0.2, 0) is 0 Å². The molecule has 0 saturated heterocycles. The summed E-state index contributed by atoms with van der Waals surface area (Å²) in [6.07, 6.45) is 2.25. The molecular formula is C21H14BrN. The summed E-state index contributed by atoms with van der Waals surface area (Å²) < 4.78 is 2.28. The molecule has 0 N–H and O–H groups in total.